The summed E-state index contributed by atoms with van der Waals surface area (Å²) < 4.78 is 1.49. The number of piperidine rings is 1. The summed E-state index contributed by atoms with van der Waals surface area (Å²) in [6.07, 6.45) is 8.60. The Morgan fingerprint density at radius 3 is 2.73 bits per heavy atom. The van der Waals surface area contributed by atoms with E-state index in [1.54, 1.807) is 30.4 Å². The van der Waals surface area contributed by atoms with Crippen molar-refractivity contribution in [1.82, 2.24) is 59.9 Å². The Morgan fingerprint density at radius 2 is 2.05 bits per heavy atom. The van der Waals surface area contributed by atoms with Crippen LogP contribution in [0.4, 0.5) is 5.82 Å². The van der Waals surface area contributed by atoms with Crippen molar-refractivity contribution in [1.29, 1.82) is 0 Å². The summed E-state index contributed by atoms with van der Waals surface area (Å²) in [5.74, 6) is 0.321. The second-order valence-corrected chi connectivity index (χ2v) is 9.87. The molecule has 1 saturated heterocycles. The second kappa shape index (κ2) is 8.86. The Labute approximate surface area is 226 Å². The van der Waals surface area contributed by atoms with E-state index in [0.717, 1.165) is 17.7 Å². The Balaban J connectivity index is 1.26. The van der Waals surface area contributed by atoms with E-state index in [-0.39, 0.29) is 35.3 Å². The van der Waals surface area contributed by atoms with Crippen molar-refractivity contribution in [2.45, 2.75) is 38.1 Å². The fraction of sp³-hybridized carbons (Fsp3) is 0.280. The maximum absolute atomic E-state index is 13.1. The number of pyridine rings is 1. The number of aromatic nitrogens is 11. The molecule has 0 unspecified atom stereocenters. The molecule has 200 valence electrons. The molecule has 0 radical (unpaired) electrons. The standard InChI is InChI=1S/C25H23N13O2/c1-12(39)19-20(14-7-15-4-5-16(8-14)37(15)25(40)23-28-11-29-32-23)31-24-17(10-30-38(24)21(19)26)13-3-6-18(27-9-13)22-33-35-36(2)34-22/h3-4,6,9-11,14,16H,5,7-8,26H2,1-2H3,(H,28,29,32)/t14-,16+/m1/s1. The van der Waals surface area contributed by atoms with Crippen molar-refractivity contribution in [2.75, 3.05) is 5.73 Å². The number of anilines is 1. The highest BCUT2D eigenvalue weighted by molar-refractivity contribution is 6.00. The molecule has 2 bridgehead atoms. The van der Waals surface area contributed by atoms with Gasteiger partial charge in [-0.15, -0.1) is 10.2 Å². The number of nitrogens with zero attached hydrogens (tertiary/aromatic N) is 11. The molecule has 2 aliphatic heterocycles. The number of carbonyl (C=O) groups excluding carboxylic acids is 2. The molecular formula is C25H23N13O2. The van der Waals surface area contributed by atoms with Gasteiger partial charge >= 0.3 is 0 Å². The number of ketones is 1. The van der Waals surface area contributed by atoms with E-state index in [1.807, 2.05) is 6.07 Å². The number of nitrogens with two attached hydrogens (primary N) is 1. The molecule has 40 heavy (non-hydrogen) atoms. The van der Waals surface area contributed by atoms with Crippen molar-refractivity contribution in [3.05, 3.63) is 59.7 Å². The van der Waals surface area contributed by atoms with Crippen LogP contribution in [0.3, 0.4) is 0 Å². The minimum absolute atomic E-state index is 0.0822. The lowest BCUT2D eigenvalue weighted by molar-refractivity contribution is 0.0705. The molecule has 0 aromatic carbocycles. The maximum atomic E-state index is 13.1. The molecule has 1 amide bonds. The summed E-state index contributed by atoms with van der Waals surface area (Å²) in [6, 6.07) is 3.60. The number of H-pyrrole nitrogens is 1. The van der Waals surface area contributed by atoms with E-state index in [9.17, 15) is 9.59 Å². The number of hydrogen-bond donors (Lipinski definition) is 2. The third-order valence-electron chi connectivity index (χ3n) is 7.41. The number of nitrogen functional groups attached to an aromatic ring is 1. The van der Waals surface area contributed by atoms with Crippen LogP contribution in [0, 0.1) is 0 Å². The molecule has 1 fully saturated rings. The van der Waals surface area contributed by atoms with Crippen LogP contribution in [0.5, 0.6) is 0 Å². The normalized spacial score (nSPS) is 18.4. The summed E-state index contributed by atoms with van der Waals surface area (Å²) >= 11 is 0. The van der Waals surface area contributed by atoms with Crippen molar-refractivity contribution in [2.24, 2.45) is 7.05 Å². The molecular weight excluding hydrogens is 514 g/mol. The summed E-state index contributed by atoms with van der Waals surface area (Å²) in [5.41, 5.74) is 11.0. The number of amides is 1. The molecule has 0 spiro atoms. The monoisotopic (exact) mass is 537 g/mol. The SMILES string of the molecule is CC(=O)c1c([C@@H]2CC3=CC[C@@H](C2)N3C(=O)c2ncn[nH]2)nc2c(-c3ccc(-c4nnn(C)n4)nc3)cnn2c1N. The number of nitrogens with one attached hydrogen (secondary N) is 1. The second-order valence-electron chi connectivity index (χ2n) is 9.87. The van der Waals surface area contributed by atoms with E-state index in [2.05, 4.69) is 46.8 Å². The molecule has 15 heteroatoms. The Kier molecular flexibility index (Phi) is 5.26. The van der Waals surface area contributed by atoms with Gasteiger partial charge in [-0.25, -0.2) is 9.97 Å². The number of carbonyl (C=O) groups is 2. The zero-order chi connectivity index (χ0) is 27.5. The number of aryl methyl sites for hydroxylation is 1. The van der Waals surface area contributed by atoms with Gasteiger partial charge in [0.05, 0.1) is 24.5 Å². The Morgan fingerprint density at radius 1 is 1.18 bits per heavy atom. The van der Waals surface area contributed by atoms with Crippen molar-refractivity contribution >= 4 is 23.2 Å². The lowest BCUT2D eigenvalue weighted by Crippen LogP contribution is -2.41. The van der Waals surface area contributed by atoms with Gasteiger partial charge in [0, 0.05) is 35.0 Å². The number of aromatic amines is 1. The molecule has 0 aliphatic carbocycles. The van der Waals surface area contributed by atoms with Crippen LogP contribution in [0.15, 0.2) is 42.6 Å². The quantitative estimate of drug-likeness (QED) is 0.309. The first-order valence-corrected chi connectivity index (χ1v) is 12.7. The van der Waals surface area contributed by atoms with Crippen LogP contribution in [-0.4, -0.2) is 77.6 Å². The van der Waals surface area contributed by atoms with Gasteiger partial charge in [0.25, 0.3) is 5.91 Å². The van der Waals surface area contributed by atoms with Crippen molar-refractivity contribution in [3.8, 4) is 22.6 Å². The number of Topliss-reactive ketones (excluding diaryl/α,β-unsaturated/α-hetero) is 1. The molecule has 7 rings (SSSR count). The maximum Gasteiger partial charge on any atom is 0.295 e. The molecule has 2 atom stereocenters. The lowest BCUT2D eigenvalue weighted by Gasteiger charge is -2.36. The van der Waals surface area contributed by atoms with E-state index < -0.39 is 0 Å². The van der Waals surface area contributed by atoms with Gasteiger partial charge in [0.2, 0.25) is 11.6 Å². The summed E-state index contributed by atoms with van der Waals surface area (Å²) in [4.78, 5) is 42.6. The molecule has 5 aromatic heterocycles. The molecule has 3 N–H and O–H groups in total. The summed E-state index contributed by atoms with van der Waals surface area (Å²) in [7, 11) is 1.69. The van der Waals surface area contributed by atoms with E-state index >= 15 is 0 Å². The fourth-order valence-corrected chi connectivity index (χ4v) is 5.65. The van der Waals surface area contributed by atoms with Crippen LogP contribution >= 0.6 is 0 Å². The number of tetrazole rings is 1. The lowest BCUT2D eigenvalue weighted by atomic mass is 9.86. The van der Waals surface area contributed by atoms with Crippen LogP contribution in [0.2, 0.25) is 0 Å². The molecule has 2 aliphatic rings. The molecule has 7 heterocycles. The van der Waals surface area contributed by atoms with Crippen LogP contribution in [0.25, 0.3) is 28.3 Å². The predicted octanol–water partition coefficient (Wildman–Crippen LogP) is 1.56. The Hall–Kier alpha value is -5.34. The third kappa shape index (κ3) is 3.65. The third-order valence-corrected chi connectivity index (χ3v) is 7.41. The van der Waals surface area contributed by atoms with Gasteiger partial charge < -0.3 is 10.6 Å². The number of rotatable bonds is 5. The molecule has 15 nitrogen and oxygen atoms in total. The van der Waals surface area contributed by atoms with E-state index in [4.69, 9.17) is 10.7 Å². The minimum Gasteiger partial charge on any atom is -0.383 e. The van der Waals surface area contributed by atoms with Crippen LogP contribution in [-0.2, 0) is 7.05 Å². The molecule has 5 aromatic rings. The van der Waals surface area contributed by atoms with E-state index in [0.29, 0.717) is 46.8 Å². The zero-order valence-corrected chi connectivity index (χ0v) is 21.6. The summed E-state index contributed by atoms with van der Waals surface area (Å²) in [5, 5.41) is 22.9. The number of hydrogen-bond acceptors (Lipinski definition) is 11. The zero-order valence-electron chi connectivity index (χ0n) is 21.6. The first-order chi connectivity index (χ1) is 19.4. The first-order valence-electron chi connectivity index (χ1n) is 12.7. The topological polar surface area (TPSA) is 192 Å². The van der Waals surface area contributed by atoms with Crippen LogP contribution < -0.4 is 5.73 Å². The van der Waals surface area contributed by atoms with Crippen molar-refractivity contribution in [3.63, 3.8) is 0 Å². The van der Waals surface area contributed by atoms with E-state index in [1.165, 1.54) is 22.6 Å². The fourth-order valence-electron chi connectivity index (χ4n) is 5.65. The highest BCUT2D eigenvalue weighted by Crippen LogP contribution is 2.44. The van der Waals surface area contributed by atoms with Gasteiger partial charge in [0.1, 0.15) is 17.8 Å². The minimum atomic E-state index is -0.217. The average molecular weight is 538 g/mol. The number of allylic oxidation sites excluding steroid dienone is 1. The largest absolute Gasteiger partial charge is 0.383 e. The summed E-state index contributed by atoms with van der Waals surface area (Å²) in [6.45, 7) is 1.48. The van der Waals surface area contributed by atoms with Gasteiger partial charge in [-0.3, -0.25) is 19.7 Å². The smallest absolute Gasteiger partial charge is 0.295 e. The van der Waals surface area contributed by atoms with Crippen molar-refractivity contribution < 1.29 is 9.59 Å². The first kappa shape index (κ1) is 23.8. The Bertz CT molecular complexity index is 1820. The van der Waals surface area contributed by atoms with Gasteiger partial charge in [-0.05, 0) is 37.5 Å². The average Bonchev–Trinajstić information content (AvgIpc) is 3.75. The highest BCUT2D eigenvalue weighted by atomic mass is 16.2. The van der Waals surface area contributed by atoms with Gasteiger partial charge in [-0.1, -0.05) is 12.1 Å². The van der Waals surface area contributed by atoms with Crippen LogP contribution in [0.1, 0.15) is 58.8 Å². The molecule has 0 saturated carbocycles. The number of fused-ring (bicyclic) bond motifs is 3. The highest BCUT2D eigenvalue weighted by Gasteiger charge is 2.41. The van der Waals surface area contributed by atoms with Gasteiger partial charge in [0.15, 0.2) is 11.4 Å². The predicted molar refractivity (Wildman–Crippen MR) is 139 cm³/mol. The van der Waals surface area contributed by atoms with Gasteiger partial charge in [-0.2, -0.15) is 19.5 Å².